The van der Waals surface area contributed by atoms with E-state index < -0.39 is 13.3 Å². The molecule has 1 fully saturated rings. The molecule has 0 spiro atoms. The van der Waals surface area contributed by atoms with Gasteiger partial charge >= 0.3 is 144 Å². The minimum absolute atomic E-state index is 0. The molecule has 0 saturated heterocycles. The van der Waals surface area contributed by atoms with E-state index in [2.05, 4.69) is 148 Å². The molecule has 1 aliphatic carbocycles. The standard InChI is InChI=1S/C29H26NO.C21H28GeN.Ir/c1-18(2)15-21-13-14-30-25(16-21)23-9-6-10-26-29(23)24-12-11-22(17-27(24)31-26)28-19(3)7-5-8-20(28)4;1-16-9-11-18(12-10-16)21-14-19(13-17-7-5-6-8-17)20(15-23-21)22(2,3)4;/h5-8,10-14,16-18H,15H2,1-4H3;9-11,14-15,17H,5-8,13H2,1-4H3;/q2*-1;. The average molecular weight is 964 g/mol. The number of benzene rings is 4. The summed E-state index contributed by atoms with van der Waals surface area (Å²) in [6.45, 7) is 10.9. The molecule has 1 saturated carbocycles. The molecule has 0 aliphatic heterocycles. The van der Waals surface area contributed by atoms with Gasteiger partial charge in [0.15, 0.2) is 0 Å². The topological polar surface area (TPSA) is 38.9 Å². The monoisotopic (exact) mass is 965 g/mol. The molecule has 285 valence electrons. The molecule has 0 bridgehead atoms. The third kappa shape index (κ3) is 9.42. The number of aromatic nitrogens is 2. The Balaban J connectivity index is 0.000000192. The van der Waals surface area contributed by atoms with Gasteiger partial charge in [-0.15, -0.1) is 17.7 Å². The summed E-state index contributed by atoms with van der Waals surface area (Å²) in [6, 6.07) is 36.7. The summed E-state index contributed by atoms with van der Waals surface area (Å²) in [4.78, 5) is 9.46. The van der Waals surface area contributed by atoms with Gasteiger partial charge in [0, 0.05) is 26.3 Å². The molecule has 0 N–H and O–H groups in total. The normalized spacial score (nSPS) is 13.3. The van der Waals surface area contributed by atoms with Crippen LogP contribution in [0.2, 0.25) is 17.3 Å². The second kappa shape index (κ2) is 17.5. The number of fused-ring (bicyclic) bond motifs is 3. The summed E-state index contributed by atoms with van der Waals surface area (Å²) >= 11 is -1.88. The Kier molecular flexibility index (Phi) is 13.0. The fourth-order valence-electron chi connectivity index (χ4n) is 8.28. The van der Waals surface area contributed by atoms with E-state index >= 15 is 0 Å². The van der Waals surface area contributed by atoms with E-state index in [1.54, 1.807) is 9.96 Å². The van der Waals surface area contributed by atoms with Crippen LogP contribution in [0.4, 0.5) is 0 Å². The Morgan fingerprint density at radius 1 is 0.818 bits per heavy atom. The SMILES string of the molecule is Cc1c[c-]c(-c2cc(CC3CCCC3)[c]([Ge]([CH3])([CH3])[CH3])cn2)cc1.Cc1cccc(C)c1-c1ccc2c(c1)oc1cc[c-]c(-c3cc(CC(C)C)ccn3)c12.[Ir]. The molecule has 0 unspecified atom stereocenters. The van der Waals surface area contributed by atoms with E-state index in [1.165, 1.54) is 65.5 Å². The molecule has 4 aromatic carbocycles. The van der Waals surface area contributed by atoms with Gasteiger partial charge in [-0.25, -0.2) is 0 Å². The summed E-state index contributed by atoms with van der Waals surface area (Å²) in [7, 11) is 0. The first-order valence-corrected chi connectivity index (χ1v) is 27.2. The molecule has 3 heterocycles. The third-order valence-electron chi connectivity index (χ3n) is 10.9. The molecule has 7 aromatic rings. The van der Waals surface area contributed by atoms with Gasteiger partial charge in [-0.3, -0.25) is 0 Å². The fraction of sp³-hybridized carbons (Fsp3) is 0.320. The van der Waals surface area contributed by atoms with Gasteiger partial charge < -0.3 is 9.40 Å². The number of nitrogens with zero attached hydrogens (tertiary/aromatic N) is 2. The van der Waals surface area contributed by atoms with E-state index in [9.17, 15) is 0 Å². The quantitative estimate of drug-likeness (QED) is 0.113. The van der Waals surface area contributed by atoms with Crippen LogP contribution in [-0.2, 0) is 32.9 Å². The summed E-state index contributed by atoms with van der Waals surface area (Å²) in [6.07, 6.45) is 12.0. The van der Waals surface area contributed by atoms with Crippen molar-refractivity contribution in [3.05, 3.63) is 137 Å². The Morgan fingerprint density at radius 2 is 1.58 bits per heavy atom. The van der Waals surface area contributed by atoms with E-state index in [0.717, 1.165) is 56.8 Å². The Hall–Kier alpha value is -3.83. The molecule has 55 heavy (non-hydrogen) atoms. The van der Waals surface area contributed by atoms with Crippen LogP contribution in [0, 0.1) is 44.7 Å². The molecule has 1 radical (unpaired) electrons. The fourth-order valence-corrected chi connectivity index (χ4v) is 11.6. The predicted molar refractivity (Wildman–Crippen MR) is 231 cm³/mol. The van der Waals surface area contributed by atoms with Gasteiger partial charge in [-0.05, 0) is 71.7 Å². The van der Waals surface area contributed by atoms with Gasteiger partial charge in [-0.2, -0.15) is 0 Å². The minimum Gasteiger partial charge on any atom is -0.476 e. The maximum absolute atomic E-state index is 6.30. The Morgan fingerprint density at radius 3 is 2.27 bits per heavy atom. The smallest absolute Gasteiger partial charge is 0.124 e. The summed E-state index contributed by atoms with van der Waals surface area (Å²) in [5.74, 6) is 8.93. The summed E-state index contributed by atoms with van der Waals surface area (Å²) in [5, 5.41) is 2.19. The Bertz CT molecular complexity index is 2380. The maximum Gasteiger partial charge on any atom is 0.124 e. The van der Waals surface area contributed by atoms with Crippen LogP contribution < -0.4 is 4.40 Å². The van der Waals surface area contributed by atoms with Crippen LogP contribution in [0.25, 0.3) is 55.6 Å². The van der Waals surface area contributed by atoms with Gasteiger partial charge in [0.1, 0.15) is 5.58 Å². The number of hydrogen-bond donors (Lipinski definition) is 0. The average Bonchev–Trinajstić information content (AvgIpc) is 3.79. The largest absolute Gasteiger partial charge is 0.476 e. The second-order valence-electron chi connectivity index (χ2n) is 16.9. The maximum atomic E-state index is 6.30. The van der Waals surface area contributed by atoms with Crippen molar-refractivity contribution in [3.63, 3.8) is 0 Å². The van der Waals surface area contributed by atoms with Crippen molar-refractivity contribution in [2.75, 3.05) is 0 Å². The zero-order valence-corrected chi connectivity index (χ0v) is 38.3. The Labute approximate surface area is 345 Å². The van der Waals surface area contributed by atoms with Crippen molar-refractivity contribution in [2.24, 2.45) is 11.8 Å². The number of pyridine rings is 2. The van der Waals surface area contributed by atoms with Crippen LogP contribution in [0.5, 0.6) is 0 Å². The molecule has 0 atom stereocenters. The minimum atomic E-state index is -1.88. The molecule has 8 rings (SSSR count). The van der Waals surface area contributed by atoms with Crippen molar-refractivity contribution in [3.8, 4) is 33.6 Å². The zero-order valence-electron chi connectivity index (χ0n) is 33.8. The van der Waals surface area contributed by atoms with Crippen molar-refractivity contribution in [1.29, 1.82) is 0 Å². The van der Waals surface area contributed by atoms with Crippen LogP contribution in [0.3, 0.4) is 0 Å². The molecule has 3 aromatic heterocycles. The number of furan rings is 1. The van der Waals surface area contributed by atoms with Crippen molar-refractivity contribution < 1.29 is 24.5 Å². The zero-order chi connectivity index (χ0) is 38.0. The van der Waals surface area contributed by atoms with Crippen molar-refractivity contribution in [2.45, 2.75) is 90.4 Å². The van der Waals surface area contributed by atoms with E-state index in [0.29, 0.717) is 5.92 Å². The van der Waals surface area contributed by atoms with Crippen LogP contribution in [-0.4, -0.2) is 23.2 Å². The van der Waals surface area contributed by atoms with Gasteiger partial charge in [0.05, 0.1) is 5.58 Å². The first-order valence-electron chi connectivity index (χ1n) is 19.8. The number of hydrogen-bond acceptors (Lipinski definition) is 3. The van der Waals surface area contributed by atoms with Gasteiger partial charge in [0.2, 0.25) is 0 Å². The van der Waals surface area contributed by atoms with Gasteiger partial charge in [0.25, 0.3) is 0 Å². The molecule has 5 heteroatoms. The molecular weight excluding hydrogens is 909 g/mol. The van der Waals surface area contributed by atoms with Crippen molar-refractivity contribution >= 4 is 39.6 Å². The van der Waals surface area contributed by atoms with Crippen LogP contribution in [0.1, 0.15) is 67.3 Å². The summed E-state index contributed by atoms with van der Waals surface area (Å²) in [5.41, 5.74) is 15.1. The molecule has 1 aliphatic rings. The van der Waals surface area contributed by atoms with Gasteiger partial charge in [-0.1, -0.05) is 67.3 Å². The molecule has 0 amide bonds. The van der Waals surface area contributed by atoms with Crippen LogP contribution in [0.15, 0.2) is 102 Å². The van der Waals surface area contributed by atoms with Crippen molar-refractivity contribution in [1.82, 2.24) is 9.97 Å². The second-order valence-corrected chi connectivity index (χ2v) is 27.5. The summed E-state index contributed by atoms with van der Waals surface area (Å²) < 4.78 is 7.89. The first kappa shape index (κ1) is 40.8. The first-order chi connectivity index (χ1) is 25.9. The van der Waals surface area contributed by atoms with Crippen LogP contribution >= 0.6 is 0 Å². The molecule has 3 nitrogen and oxygen atoms in total. The van der Waals surface area contributed by atoms with E-state index in [1.807, 2.05) is 18.3 Å². The van der Waals surface area contributed by atoms with E-state index in [-0.39, 0.29) is 20.1 Å². The number of rotatable bonds is 8. The van der Waals surface area contributed by atoms with E-state index in [4.69, 9.17) is 9.40 Å². The molecular formula is C50H54GeIrN2O-2. The predicted octanol–water partition coefficient (Wildman–Crippen LogP) is 13.1. The number of aryl methyl sites for hydroxylation is 3. The third-order valence-corrected chi connectivity index (χ3v) is 15.3.